The van der Waals surface area contributed by atoms with Gasteiger partial charge in [-0.25, -0.2) is 9.78 Å². The molecule has 0 amide bonds. The normalized spacial score (nSPS) is 11.6. The molecule has 3 rings (SSSR count). The zero-order valence-corrected chi connectivity index (χ0v) is 16.4. The molecule has 0 aliphatic carbocycles. The molecule has 142 valence electrons. The van der Waals surface area contributed by atoms with Crippen LogP contribution in [0.1, 0.15) is 42.0 Å². The molecule has 0 radical (unpaired) electrons. The SMILES string of the molecule is CCOC(=O)c1sc(-c2ccc3c(c2)c(/C=N/O)cn3C(C)C)nc1OC. The number of benzene rings is 1. The van der Waals surface area contributed by atoms with E-state index >= 15 is 0 Å². The lowest BCUT2D eigenvalue weighted by Crippen LogP contribution is -2.04. The quantitative estimate of drug-likeness (QED) is 0.294. The maximum Gasteiger partial charge on any atom is 0.354 e. The number of fused-ring (bicyclic) bond motifs is 1. The lowest BCUT2D eigenvalue weighted by molar-refractivity contribution is 0.0528. The molecule has 1 aromatic carbocycles. The van der Waals surface area contributed by atoms with Crippen molar-refractivity contribution in [2.45, 2.75) is 26.8 Å². The molecule has 0 atom stereocenters. The lowest BCUT2D eigenvalue weighted by Gasteiger charge is -2.09. The third-order valence-corrected chi connectivity index (χ3v) is 5.18. The largest absolute Gasteiger partial charge is 0.480 e. The van der Waals surface area contributed by atoms with Crippen LogP contribution in [0.25, 0.3) is 21.5 Å². The Bertz CT molecular complexity index is 1000. The highest BCUT2D eigenvalue weighted by atomic mass is 32.1. The molecule has 0 unspecified atom stereocenters. The monoisotopic (exact) mass is 387 g/mol. The Kier molecular flexibility index (Phi) is 5.46. The molecule has 0 fully saturated rings. The summed E-state index contributed by atoms with van der Waals surface area (Å²) in [5.41, 5.74) is 2.67. The van der Waals surface area contributed by atoms with Crippen molar-refractivity contribution in [2.24, 2.45) is 5.16 Å². The number of thiazole rings is 1. The summed E-state index contributed by atoms with van der Waals surface area (Å²) in [7, 11) is 1.48. The summed E-state index contributed by atoms with van der Waals surface area (Å²) in [5, 5.41) is 13.7. The molecule has 8 heteroatoms. The molecule has 0 spiro atoms. The summed E-state index contributed by atoms with van der Waals surface area (Å²) in [5.74, 6) is -0.191. The van der Waals surface area contributed by atoms with Gasteiger partial charge in [0, 0.05) is 34.3 Å². The molecule has 2 aromatic heterocycles. The highest BCUT2D eigenvalue weighted by Crippen LogP contribution is 2.35. The molecular weight excluding hydrogens is 366 g/mol. The van der Waals surface area contributed by atoms with E-state index in [1.165, 1.54) is 24.7 Å². The average Bonchev–Trinajstić information content (AvgIpc) is 3.24. The number of hydrogen-bond acceptors (Lipinski definition) is 7. The van der Waals surface area contributed by atoms with Crippen LogP contribution >= 0.6 is 11.3 Å². The summed E-state index contributed by atoms with van der Waals surface area (Å²) >= 11 is 1.23. The Morgan fingerprint density at radius 2 is 2.22 bits per heavy atom. The first-order valence-electron chi connectivity index (χ1n) is 8.54. The molecule has 0 bridgehead atoms. The van der Waals surface area contributed by atoms with Crippen molar-refractivity contribution in [3.63, 3.8) is 0 Å². The third-order valence-electron chi connectivity index (χ3n) is 4.11. The molecule has 3 aromatic rings. The van der Waals surface area contributed by atoms with Crippen LogP contribution < -0.4 is 4.74 Å². The molecule has 0 aliphatic heterocycles. The van der Waals surface area contributed by atoms with Crippen molar-refractivity contribution in [1.29, 1.82) is 0 Å². The minimum absolute atomic E-state index is 0.255. The van der Waals surface area contributed by atoms with Crippen molar-refractivity contribution in [3.8, 4) is 16.5 Å². The van der Waals surface area contributed by atoms with Gasteiger partial charge in [0.1, 0.15) is 5.01 Å². The van der Waals surface area contributed by atoms with Gasteiger partial charge in [-0.3, -0.25) is 0 Å². The highest BCUT2D eigenvalue weighted by Gasteiger charge is 2.21. The standard InChI is InChI=1S/C19H21N3O4S/c1-5-26-19(23)16-17(25-4)21-18(27-16)12-6-7-15-14(8-12)13(9-20-24)10-22(15)11(2)3/h6-11,24H,5H2,1-4H3/b20-9+. The van der Waals surface area contributed by atoms with Crippen molar-refractivity contribution in [3.05, 3.63) is 34.8 Å². The first-order valence-corrected chi connectivity index (χ1v) is 9.36. The minimum Gasteiger partial charge on any atom is -0.480 e. The minimum atomic E-state index is -0.446. The predicted molar refractivity (Wildman–Crippen MR) is 105 cm³/mol. The highest BCUT2D eigenvalue weighted by molar-refractivity contribution is 7.17. The fourth-order valence-corrected chi connectivity index (χ4v) is 3.83. The van der Waals surface area contributed by atoms with Gasteiger partial charge in [0.25, 0.3) is 0 Å². The van der Waals surface area contributed by atoms with Gasteiger partial charge in [-0.15, -0.1) is 11.3 Å². The Morgan fingerprint density at radius 1 is 1.44 bits per heavy atom. The number of rotatable bonds is 6. The number of carbonyl (C=O) groups is 1. The molecule has 0 saturated heterocycles. The Balaban J connectivity index is 2.12. The van der Waals surface area contributed by atoms with E-state index in [0.29, 0.717) is 9.88 Å². The van der Waals surface area contributed by atoms with E-state index < -0.39 is 5.97 Å². The average molecular weight is 387 g/mol. The molecule has 2 heterocycles. The van der Waals surface area contributed by atoms with E-state index in [1.807, 2.05) is 24.4 Å². The first-order chi connectivity index (χ1) is 13.0. The van der Waals surface area contributed by atoms with E-state index in [9.17, 15) is 4.79 Å². The number of carbonyl (C=O) groups excluding carboxylic acids is 1. The Morgan fingerprint density at radius 3 is 2.85 bits per heavy atom. The number of methoxy groups -OCH3 is 1. The maximum absolute atomic E-state index is 12.1. The molecule has 0 saturated carbocycles. The van der Waals surface area contributed by atoms with Crippen molar-refractivity contribution >= 4 is 34.4 Å². The van der Waals surface area contributed by atoms with Crippen molar-refractivity contribution in [1.82, 2.24) is 9.55 Å². The van der Waals surface area contributed by atoms with Crippen LogP contribution in [-0.2, 0) is 4.74 Å². The zero-order chi connectivity index (χ0) is 19.6. The van der Waals surface area contributed by atoms with Crippen molar-refractivity contribution in [2.75, 3.05) is 13.7 Å². The molecular formula is C19H21N3O4S. The van der Waals surface area contributed by atoms with Gasteiger partial charge in [0.2, 0.25) is 5.88 Å². The van der Waals surface area contributed by atoms with Crippen molar-refractivity contribution < 1.29 is 19.5 Å². The van der Waals surface area contributed by atoms with Crippen LogP contribution in [0.4, 0.5) is 0 Å². The molecule has 1 N–H and O–H groups in total. The van der Waals surface area contributed by atoms with E-state index in [-0.39, 0.29) is 18.5 Å². The summed E-state index contributed by atoms with van der Waals surface area (Å²) in [4.78, 5) is 16.9. The van der Waals surface area contributed by atoms with Crippen LogP contribution in [0.5, 0.6) is 5.88 Å². The number of aromatic nitrogens is 2. The van der Waals surface area contributed by atoms with Crippen LogP contribution in [0.15, 0.2) is 29.6 Å². The maximum atomic E-state index is 12.1. The summed E-state index contributed by atoms with van der Waals surface area (Å²) < 4.78 is 12.4. The number of nitrogens with zero attached hydrogens (tertiary/aromatic N) is 3. The number of ether oxygens (including phenoxy) is 2. The topological polar surface area (TPSA) is 85.9 Å². The van der Waals surface area contributed by atoms with Crippen LogP contribution in [0.3, 0.4) is 0 Å². The van der Waals surface area contributed by atoms with E-state index in [0.717, 1.165) is 22.0 Å². The second-order valence-corrected chi connectivity index (χ2v) is 7.14. The molecule has 7 nitrogen and oxygen atoms in total. The van der Waals surface area contributed by atoms with Gasteiger partial charge >= 0.3 is 5.97 Å². The second kappa shape index (κ2) is 7.79. The summed E-state index contributed by atoms with van der Waals surface area (Å²) in [6.45, 7) is 6.21. The van der Waals surface area contributed by atoms with Gasteiger partial charge in [-0.2, -0.15) is 0 Å². The summed E-state index contributed by atoms with van der Waals surface area (Å²) in [6.07, 6.45) is 3.36. The number of esters is 1. The summed E-state index contributed by atoms with van der Waals surface area (Å²) in [6, 6.07) is 6.18. The van der Waals surface area contributed by atoms with E-state index in [4.69, 9.17) is 14.7 Å². The van der Waals surface area contributed by atoms with E-state index in [2.05, 4.69) is 28.6 Å². The Labute approximate surface area is 160 Å². The smallest absolute Gasteiger partial charge is 0.354 e. The third kappa shape index (κ3) is 3.52. The second-order valence-electron chi connectivity index (χ2n) is 6.14. The van der Waals surface area contributed by atoms with E-state index in [1.54, 1.807) is 6.92 Å². The Hall–Kier alpha value is -2.87. The van der Waals surface area contributed by atoms with Crippen LogP contribution in [0, 0.1) is 0 Å². The fourth-order valence-electron chi connectivity index (χ4n) is 2.90. The first kappa shape index (κ1) is 18.9. The van der Waals surface area contributed by atoms with Gasteiger partial charge in [0.05, 0.1) is 19.9 Å². The zero-order valence-electron chi connectivity index (χ0n) is 15.6. The number of oxime groups is 1. The van der Waals surface area contributed by atoms with Gasteiger partial charge < -0.3 is 19.2 Å². The number of hydrogen-bond donors (Lipinski definition) is 1. The molecule has 0 aliphatic rings. The van der Waals surface area contributed by atoms with Crippen LogP contribution in [0.2, 0.25) is 0 Å². The van der Waals surface area contributed by atoms with Crippen LogP contribution in [-0.4, -0.2) is 40.7 Å². The van der Waals surface area contributed by atoms with Gasteiger partial charge in [-0.1, -0.05) is 5.16 Å². The van der Waals surface area contributed by atoms with Gasteiger partial charge in [-0.05, 0) is 39.0 Å². The van der Waals surface area contributed by atoms with Gasteiger partial charge in [0.15, 0.2) is 4.88 Å². The fraction of sp³-hybridized carbons (Fsp3) is 0.316. The lowest BCUT2D eigenvalue weighted by atomic mass is 10.1. The molecule has 27 heavy (non-hydrogen) atoms. The predicted octanol–water partition coefficient (Wildman–Crippen LogP) is 4.34.